The van der Waals surface area contributed by atoms with Crippen LogP contribution in [-0.4, -0.2) is 36.6 Å². The lowest BCUT2D eigenvalue weighted by atomic mass is 9.98. The van der Waals surface area contributed by atoms with Crippen LogP contribution >= 0.6 is 0 Å². The van der Waals surface area contributed by atoms with Gasteiger partial charge in [-0.2, -0.15) is 0 Å². The van der Waals surface area contributed by atoms with Crippen molar-refractivity contribution in [2.75, 3.05) is 19.6 Å². The molecule has 1 fully saturated rings. The quantitative estimate of drug-likeness (QED) is 0.858. The van der Waals surface area contributed by atoms with Gasteiger partial charge in [0.05, 0.1) is 0 Å². The average molecular weight is 288 g/mol. The molecule has 1 N–H and O–H groups in total. The summed E-state index contributed by atoms with van der Waals surface area (Å²) >= 11 is 0. The minimum Gasteiger partial charge on any atom is -0.312 e. The smallest absolute Gasteiger partial charge is 0.0235 e. The largest absolute Gasteiger partial charge is 0.312 e. The van der Waals surface area contributed by atoms with E-state index in [4.69, 9.17) is 0 Å². The molecule has 0 amide bonds. The molecule has 2 nitrogen and oxygen atoms in total. The molecule has 1 aliphatic rings. The number of hydrogen-bond donors (Lipinski definition) is 1. The van der Waals surface area contributed by atoms with Crippen molar-refractivity contribution in [1.82, 2.24) is 10.2 Å². The van der Waals surface area contributed by atoms with Crippen LogP contribution in [0, 0.1) is 5.92 Å². The Morgan fingerprint density at radius 2 is 2.00 bits per heavy atom. The molecule has 0 aromatic heterocycles. The lowest BCUT2D eigenvalue weighted by Crippen LogP contribution is -2.43. The molecule has 3 atom stereocenters. The van der Waals surface area contributed by atoms with E-state index >= 15 is 0 Å². The van der Waals surface area contributed by atoms with Gasteiger partial charge in [0.1, 0.15) is 0 Å². The highest BCUT2D eigenvalue weighted by atomic mass is 15.2. The zero-order chi connectivity index (χ0) is 15.1. The first-order valence-corrected chi connectivity index (χ1v) is 8.70. The Morgan fingerprint density at radius 1 is 1.24 bits per heavy atom. The van der Waals surface area contributed by atoms with Crippen molar-refractivity contribution in [3.63, 3.8) is 0 Å². The highest BCUT2D eigenvalue weighted by Gasteiger charge is 2.22. The Bertz CT molecular complexity index is 390. The molecule has 1 aliphatic heterocycles. The molecule has 118 valence electrons. The third-order valence-electron chi connectivity index (χ3n) is 4.90. The number of nitrogens with one attached hydrogen (secondary N) is 1. The molecule has 0 radical (unpaired) electrons. The summed E-state index contributed by atoms with van der Waals surface area (Å²) in [5.41, 5.74) is 1.45. The summed E-state index contributed by atoms with van der Waals surface area (Å²) in [5, 5.41) is 3.74. The standard InChI is InChI=1S/C19H32N2/c1-4-16(2)13-17(3)21-12-8-11-20-19(15-21)14-18-9-6-5-7-10-18/h5-7,9-10,16-17,19-20H,4,8,11-15H2,1-3H3. The highest BCUT2D eigenvalue weighted by Crippen LogP contribution is 2.17. The third kappa shape index (κ3) is 5.44. The van der Waals surface area contributed by atoms with Crippen LogP contribution < -0.4 is 5.32 Å². The molecular weight excluding hydrogens is 256 g/mol. The average Bonchev–Trinajstić information content (AvgIpc) is 2.74. The van der Waals surface area contributed by atoms with E-state index in [1.165, 1.54) is 37.9 Å². The summed E-state index contributed by atoms with van der Waals surface area (Å²) in [6, 6.07) is 12.2. The van der Waals surface area contributed by atoms with Crippen LogP contribution in [0.2, 0.25) is 0 Å². The molecular formula is C19H32N2. The SMILES string of the molecule is CCC(C)CC(C)N1CCCNC(Cc2ccccc2)C1. The minimum absolute atomic E-state index is 0.592. The molecule has 0 aliphatic carbocycles. The first kappa shape index (κ1) is 16.5. The summed E-state index contributed by atoms with van der Waals surface area (Å²) in [4.78, 5) is 2.71. The van der Waals surface area contributed by atoms with Gasteiger partial charge in [-0.25, -0.2) is 0 Å². The monoisotopic (exact) mass is 288 g/mol. The normalized spacial score (nSPS) is 23.5. The lowest BCUT2D eigenvalue weighted by Gasteiger charge is -2.31. The third-order valence-corrected chi connectivity index (χ3v) is 4.90. The predicted octanol–water partition coefficient (Wildman–Crippen LogP) is 3.72. The van der Waals surface area contributed by atoms with Crippen molar-refractivity contribution >= 4 is 0 Å². The van der Waals surface area contributed by atoms with E-state index in [9.17, 15) is 0 Å². The van der Waals surface area contributed by atoms with Crippen LogP contribution in [0.1, 0.15) is 45.6 Å². The topological polar surface area (TPSA) is 15.3 Å². The fourth-order valence-electron chi connectivity index (χ4n) is 3.36. The van der Waals surface area contributed by atoms with Gasteiger partial charge in [0.25, 0.3) is 0 Å². The molecule has 3 unspecified atom stereocenters. The maximum absolute atomic E-state index is 3.74. The van der Waals surface area contributed by atoms with Gasteiger partial charge in [0.2, 0.25) is 0 Å². The van der Waals surface area contributed by atoms with E-state index in [2.05, 4.69) is 61.3 Å². The van der Waals surface area contributed by atoms with E-state index < -0.39 is 0 Å². The molecule has 1 aromatic carbocycles. The van der Waals surface area contributed by atoms with Crippen molar-refractivity contribution in [3.05, 3.63) is 35.9 Å². The molecule has 0 saturated carbocycles. The Labute approximate surface area is 130 Å². The second kappa shape index (κ2) is 8.55. The van der Waals surface area contributed by atoms with Gasteiger partial charge in [0.15, 0.2) is 0 Å². The van der Waals surface area contributed by atoms with Crippen molar-refractivity contribution in [2.45, 2.75) is 58.5 Å². The lowest BCUT2D eigenvalue weighted by molar-refractivity contribution is 0.179. The second-order valence-electron chi connectivity index (χ2n) is 6.79. The van der Waals surface area contributed by atoms with Gasteiger partial charge in [-0.15, -0.1) is 0 Å². The van der Waals surface area contributed by atoms with Crippen LogP contribution in [-0.2, 0) is 6.42 Å². The Hall–Kier alpha value is -0.860. The van der Waals surface area contributed by atoms with E-state index in [1.54, 1.807) is 0 Å². The molecule has 2 rings (SSSR count). The fraction of sp³-hybridized carbons (Fsp3) is 0.684. The second-order valence-corrected chi connectivity index (χ2v) is 6.79. The molecule has 2 heteroatoms. The molecule has 0 spiro atoms. The Morgan fingerprint density at radius 3 is 2.71 bits per heavy atom. The maximum Gasteiger partial charge on any atom is 0.0235 e. The summed E-state index contributed by atoms with van der Waals surface area (Å²) in [6.45, 7) is 10.7. The number of benzene rings is 1. The van der Waals surface area contributed by atoms with E-state index in [0.29, 0.717) is 12.1 Å². The maximum atomic E-state index is 3.74. The number of hydrogen-bond acceptors (Lipinski definition) is 2. The fourth-order valence-corrected chi connectivity index (χ4v) is 3.36. The predicted molar refractivity (Wildman–Crippen MR) is 91.7 cm³/mol. The Balaban J connectivity index is 1.91. The number of nitrogens with zero attached hydrogens (tertiary/aromatic N) is 1. The van der Waals surface area contributed by atoms with Crippen molar-refractivity contribution in [2.24, 2.45) is 5.92 Å². The van der Waals surface area contributed by atoms with Crippen molar-refractivity contribution < 1.29 is 0 Å². The van der Waals surface area contributed by atoms with Crippen LogP contribution in [0.5, 0.6) is 0 Å². The first-order chi connectivity index (χ1) is 10.2. The van der Waals surface area contributed by atoms with E-state index in [-0.39, 0.29) is 0 Å². The van der Waals surface area contributed by atoms with Gasteiger partial charge >= 0.3 is 0 Å². The summed E-state index contributed by atoms with van der Waals surface area (Å²) in [7, 11) is 0. The van der Waals surface area contributed by atoms with Gasteiger partial charge in [-0.3, -0.25) is 4.90 Å². The highest BCUT2D eigenvalue weighted by molar-refractivity contribution is 5.16. The van der Waals surface area contributed by atoms with Crippen LogP contribution in [0.3, 0.4) is 0 Å². The van der Waals surface area contributed by atoms with Gasteiger partial charge < -0.3 is 5.32 Å². The number of rotatable bonds is 6. The van der Waals surface area contributed by atoms with E-state index in [1.807, 2.05) is 0 Å². The van der Waals surface area contributed by atoms with Crippen LogP contribution in [0.4, 0.5) is 0 Å². The van der Waals surface area contributed by atoms with Gasteiger partial charge in [-0.1, -0.05) is 50.6 Å². The van der Waals surface area contributed by atoms with Gasteiger partial charge in [-0.05, 0) is 50.8 Å². The van der Waals surface area contributed by atoms with Crippen LogP contribution in [0.15, 0.2) is 30.3 Å². The van der Waals surface area contributed by atoms with Crippen molar-refractivity contribution in [3.8, 4) is 0 Å². The summed E-state index contributed by atoms with van der Waals surface area (Å²) in [5.74, 6) is 0.837. The van der Waals surface area contributed by atoms with Crippen LogP contribution in [0.25, 0.3) is 0 Å². The zero-order valence-corrected chi connectivity index (χ0v) is 14.0. The Kier molecular flexibility index (Phi) is 6.72. The molecule has 21 heavy (non-hydrogen) atoms. The minimum atomic E-state index is 0.592. The van der Waals surface area contributed by atoms with Crippen molar-refractivity contribution in [1.29, 1.82) is 0 Å². The molecule has 1 saturated heterocycles. The molecule has 1 heterocycles. The van der Waals surface area contributed by atoms with E-state index in [0.717, 1.165) is 18.9 Å². The first-order valence-electron chi connectivity index (χ1n) is 8.70. The molecule has 1 aromatic rings. The zero-order valence-electron chi connectivity index (χ0n) is 14.0. The summed E-state index contributed by atoms with van der Waals surface area (Å²) in [6.07, 6.45) is 5.04. The summed E-state index contributed by atoms with van der Waals surface area (Å²) < 4.78 is 0. The molecule has 0 bridgehead atoms. The van der Waals surface area contributed by atoms with Gasteiger partial charge in [0, 0.05) is 18.6 Å².